The van der Waals surface area contributed by atoms with Gasteiger partial charge >= 0.3 is 0 Å². The normalized spacial score (nSPS) is 13.9. The van der Waals surface area contributed by atoms with E-state index >= 15 is 0 Å². The Bertz CT molecular complexity index is 620. The molecule has 0 fully saturated rings. The van der Waals surface area contributed by atoms with Crippen molar-refractivity contribution in [1.82, 2.24) is 9.97 Å². The third kappa shape index (κ3) is 2.14. The molecule has 0 bridgehead atoms. The number of halogens is 1. The smallest absolute Gasteiger partial charge is 0.213 e. The van der Waals surface area contributed by atoms with Crippen LogP contribution in [0.3, 0.4) is 0 Å². The highest BCUT2D eigenvalue weighted by Gasteiger charge is 2.21. The summed E-state index contributed by atoms with van der Waals surface area (Å²) in [6, 6.07) is 3.34. The molecule has 2 heterocycles. The zero-order valence-corrected chi connectivity index (χ0v) is 11.3. The third-order valence-electron chi connectivity index (χ3n) is 3.77. The molecular formula is C16H17FN2. The number of rotatable bonds is 2. The van der Waals surface area contributed by atoms with Crippen LogP contribution in [-0.2, 0) is 12.8 Å². The molecule has 0 saturated heterocycles. The fraction of sp³-hybridized carbons (Fsp3) is 0.375. The molecule has 98 valence electrons. The molecule has 0 amide bonds. The predicted octanol–water partition coefficient (Wildman–Crippen LogP) is 3.89. The number of hydrogen-bond acceptors (Lipinski definition) is 2. The lowest BCUT2D eigenvalue weighted by atomic mass is 9.89. The number of aryl methyl sites for hydroxylation is 1. The number of aromatic nitrogens is 2. The van der Waals surface area contributed by atoms with Gasteiger partial charge in [0.1, 0.15) is 0 Å². The highest BCUT2D eigenvalue weighted by molar-refractivity contribution is 5.69. The lowest BCUT2D eigenvalue weighted by molar-refractivity contribution is 0.584. The van der Waals surface area contributed by atoms with Crippen molar-refractivity contribution in [3.63, 3.8) is 0 Å². The summed E-state index contributed by atoms with van der Waals surface area (Å²) in [4.78, 5) is 8.19. The number of nitrogens with zero attached hydrogens (tertiary/aromatic N) is 2. The largest absolute Gasteiger partial charge is 0.260 e. The van der Waals surface area contributed by atoms with Crippen LogP contribution in [-0.4, -0.2) is 9.97 Å². The van der Waals surface area contributed by atoms with E-state index < -0.39 is 5.95 Å². The summed E-state index contributed by atoms with van der Waals surface area (Å²) in [5, 5.41) is 0. The van der Waals surface area contributed by atoms with Gasteiger partial charge in [0.05, 0.1) is 0 Å². The van der Waals surface area contributed by atoms with E-state index in [-0.39, 0.29) is 0 Å². The Labute approximate surface area is 112 Å². The monoisotopic (exact) mass is 256 g/mol. The van der Waals surface area contributed by atoms with Crippen molar-refractivity contribution in [2.75, 3.05) is 0 Å². The van der Waals surface area contributed by atoms with E-state index in [2.05, 4.69) is 23.8 Å². The Balaban J connectivity index is 2.21. The van der Waals surface area contributed by atoms with E-state index in [9.17, 15) is 4.39 Å². The molecular weight excluding hydrogens is 239 g/mol. The van der Waals surface area contributed by atoms with Gasteiger partial charge in [0.2, 0.25) is 5.95 Å². The van der Waals surface area contributed by atoms with Crippen LogP contribution >= 0.6 is 0 Å². The Morgan fingerprint density at radius 3 is 2.79 bits per heavy atom. The highest BCUT2D eigenvalue weighted by atomic mass is 19.1. The first-order chi connectivity index (χ1) is 9.16. The van der Waals surface area contributed by atoms with Crippen LogP contribution in [0.15, 0.2) is 24.5 Å². The Morgan fingerprint density at radius 1 is 1.21 bits per heavy atom. The molecule has 3 heteroatoms. The van der Waals surface area contributed by atoms with Gasteiger partial charge in [-0.3, -0.25) is 4.98 Å². The topological polar surface area (TPSA) is 25.8 Å². The van der Waals surface area contributed by atoms with Gasteiger partial charge in [0, 0.05) is 29.7 Å². The SMILES string of the molecule is CC(C)c1c(-c2ccnc(F)c2)cnc2c1CCC2. The van der Waals surface area contributed by atoms with Gasteiger partial charge in [-0.05, 0) is 47.9 Å². The molecule has 3 rings (SSSR count). The fourth-order valence-electron chi connectivity index (χ4n) is 2.99. The van der Waals surface area contributed by atoms with Crippen LogP contribution in [0.4, 0.5) is 4.39 Å². The number of pyridine rings is 2. The van der Waals surface area contributed by atoms with Crippen molar-refractivity contribution in [2.24, 2.45) is 0 Å². The molecule has 2 aromatic rings. The molecule has 0 unspecified atom stereocenters. The number of fused-ring (bicyclic) bond motifs is 1. The van der Waals surface area contributed by atoms with Gasteiger partial charge in [0.25, 0.3) is 0 Å². The van der Waals surface area contributed by atoms with Crippen LogP contribution in [0.5, 0.6) is 0 Å². The minimum atomic E-state index is -0.437. The van der Waals surface area contributed by atoms with Gasteiger partial charge in [-0.2, -0.15) is 4.39 Å². The first-order valence-corrected chi connectivity index (χ1v) is 6.79. The molecule has 1 aliphatic rings. The summed E-state index contributed by atoms with van der Waals surface area (Å²) >= 11 is 0. The van der Waals surface area contributed by atoms with Crippen LogP contribution in [0.2, 0.25) is 0 Å². The molecule has 0 radical (unpaired) electrons. The molecule has 0 N–H and O–H groups in total. The van der Waals surface area contributed by atoms with Crippen molar-refractivity contribution >= 4 is 0 Å². The first kappa shape index (κ1) is 12.3. The third-order valence-corrected chi connectivity index (χ3v) is 3.77. The zero-order chi connectivity index (χ0) is 13.4. The average molecular weight is 256 g/mol. The molecule has 0 saturated carbocycles. The molecule has 0 aliphatic heterocycles. The Hall–Kier alpha value is -1.77. The van der Waals surface area contributed by atoms with E-state index in [4.69, 9.17) is 0 Å². The Morgan fingerprint density at radius 2 is 2.05 bits per heavy atom. The summed E-state index contributed by atoms with van der Waals surface area (Å²) in [5.74, 6) is -0.0196. The molecule has 2 aromatic heterocycles. The summed E-state index contributed by atoms with van der Waals surface area (Å²) in [5.41, 5.74) is 5.86. The second kappa shape index (κ2) is 4.72. The van der Waals surface area contributed by atoms with Gasteiger partial charge in [-0.25, -0.2) is 4.98 Å². The molecule has 0 aromatic carbocycles. The maximum absolute atomic E-state index is 13.3. The second-order valence-electron chi connectivity index (χ2n) is 5.39. The van der Waals surface area contributed by atoms with Gasteiger partial charge in [-0.1, -0.05) is 13.8 Å². The standard InChI is InChI=1S/C16H17FN2/c1-10(2)16-12-4-3-5-14(12)19-9-13(16)11-6-7-18-15(17)8-11/h6-10H,3-5H2,1-2H3. The first-order valence-electron chi connectivity index (χ1n) is 6.79. The van der Waals surface area contributed by atoms with Crippen molar-refractivity contribution in [3.05, 3.63) is 47.3 Å². The summed E-state index contributed by atoms with van der Waals surface area (Å²) < 4.78 is 13.3. The average Bonchev–Trinajstić information content (AvgIpc) is 2.85. The molecule has 1 aliphatic carbocycles. The van der Waals surface area contributed by atoms with Crippen LogP contribution in [0, 0.1) is 5.95 Å². The van der Waals surface area contributed by atoms with Crippen molar-refractivity contribution < 1.29 is 4.39 Å². The molecule has 0 spiro atoms. The zero-order valence-electron chi connectivity index (χ0n) is 11.3. The predicted molar refractivity (Wildman–Crippen MR) is 73.5 cm³/mol. The van der Waals surface area contributed by atoms with Crippen LogP contribution < -0.4 is 0 Å². The second-order valence-corrected chi connectivity index (χ2v) is 5.39. The molecule has 2 nitrogen and oxygen atoms in total. The maximum Gasteiger partial charge on any atom is 0.213 e. The lowest BCUT2D eigenvalue weighted by Crippen LogP contribution is -2.02. The maximum atomic E-state index is 13.3. The van der Waals surface area contributed by atoms with Crippen LogP contribution in [0.25, 0.3) is 11.1 Å². The van der Waals surface area contributed by atoms with Gasteiger partial charge in [-0.15, -0.1) is 0 Å². The summed E-state index contributed by atoms with van der Waals surface area (Å²) in [6.45, 7) is 4.38. The van der Waals surface area contributed by atoms with Crippen molar-refractivity contribution in [1.29, 1.82) is 0 Å². The fourth-order valence-corrected chi connectivity index (χ4v) is 2.99. The van der Waals surface area contributed by atoms with E-state index in [0.29, 0.717) is 5.92 Å². The quantitative estimate of drug-likeness (QED) is 0.762. The van der Waals surface area contributed by atoms with E-state index in [0.717, 1.165) is 24.0 Å². The Kier molecular flexibility index (Phi) is 3.05. The lowest BCUT2D eigenvalue weighted by Gasteiger charge is -2.17. The van der Waals surface area contributed by atoms with Gasteiger partial charge < -0.3 is 0 Å². The number of hydrogen-bond donors (Lipinski definition) is 0. The van der Waals surface area contributed by atoms with Crippen molar-refractivity contribution in [3.8, 4) is 11.1 Å². The molecule has 19 heavy (non-hydrogen) atoms. The van der Waals surface area contributed by atoms with E-state index in [1.54, 1.807) is 0 Å². The molecule has 0 atom stereocenters. The van der Waals surface area contributed by atoms with E-state index in [1.165, 1.54) is 35.5 Å². The summed E-state index contributed by atoms with van der Waals surface area (Å²) in [6.07, 6.45) is 6.75. The van der Waals surface area contributed by atoms with Crippen LogP contribution in [0.1, 0.15) is 43.0 Å². The van der Waals surface area contributed by atoms with Crippen molar-refractivity contribution in [2.45, 2.75) is 39.0 Å². The highest BCUT2D eigenvalue weighted by Crippen LogP contribution is 2.36. The van der Waals surface area contributed by atoms with E-state index in [1.807, 2.05) is 12.3 Å². The minimum absolute atomic E-state index is 0.418. The minimum Gasteiger partial charge on any atom is -0.260 e. The summed E-state index contributed by atoms with van der Waals surface area (Å²) in [7, 11) is 0. The van der Waals surface area contributed by atoms with Gasteiger partial charge in [0.15, 0.2) is 0 Å².